The second-order valence-electron chi connectivity index (χ2n) is 5.93. The van der Waals surface area contributed by atoms with Crippen LogP contribution in [0.2, 0.25) is 0 Å². The van der Waals surface area contributed by atoms with Crippen LogP contribution in [0, 0.1) is 6.07 Å². The number of hydrogen-bond acceptors (Lipinski definition) is 2. The first kappa shape index (κ1) is 16.6. The number of fused-ring (bicyclic) bond motifs is 3. The van der Waals surface area contributed by atoms with Gasteiger partial charge in [-0.25, -0.2) is 0 Å². The normalized spacial score (nSPS) is 10.8. The molecule has 0 N–H and O–H groups in total. The summed E-state index contributed by atoms with van der Waals surface area (Å²) in [6.07, 6.45) is 5.58. The summed E-state index contributed by atoms with van der Waals surface area (Å²) in [7, 11) is 0. The molecule has 0 aliphatic heterocycles. The predicted octanol–water partition coefficient (Wildman–Crippen LogP) is 5.01. The van der Waals surface area contributed by atoms with E-state index in [0.717, 1.165) is 38.9 Å². The Hall–Kier alpha value is -2.81. The Balaban J connectivity index is 0.00000168. The maximum Gasteiger partial charge on any atom is 0.0634 e. The van der Waals surface area contributed by atoms with E-state index in [0.29, 0.717) is 0 Å². The third-order valence-corrected chi connectivity index (χ3v) is 4.45. The second-order valence-corrected chi connectivity index (χ2v) is 5.93. The van der Waals surface area contributed by atoms with Crippen LogP contribution in [0.4, 0.5) is 0 Å². The van der Waals surface area contributed by atoms with Crippen molar-refractivity contribution in [2.24, 2.45) is 0 Å². The van der Waals surface area contributed by atoms with Crippen molar-refractivity contribution >= 4 is 16.4 Å². The van der Waals surface area contributed by atoms with Gasteiger partial charge in [0.15, 0.2) is 0 Å². The third kappa shape index (κ3) is 2.64. The van der Waals surface area contributed by atoms with Gasteiger partial charge < -0.3 is 4.40 Å². The van der Waals surface area contributed by atoms with Crippen LogP contribution in [0.5, 0.6) is 0 Å². The molecule has 0 bridgehead atoms. The first-order valence-corrected chi connectivity index (χ1v) is 8.18. The van der Waals surface area contributed by atoms with Gasteiger partial charge in [-0.3, -0.25) is 9.97 Å². The maximum absolute atomic E-state index is 4.73. The van der Waals surface area contributed by atoms with Crippen molar-refractivity contribution in [1.29, 1.82) is 0 Å². The van der Waals surface area contributed by atoms with Crippen molar-refractivity contribution in [3.63, 3.8) is 0 Å². The first-order chi connectivity index (χ1) is 12.4. The number of pyridine rings is 2. The van der Waals surface area contributed by atoms with Crippen LogP contribution in [0.25, 0.3) is 38.9 Å². The Morgan fingerprint density at radius 3 is 2.38 bits per heavy atom. The predicted molar refractivity (Wildman–Crippen MR) is 100 cm³/mol. The number of imidazole rings is 1. The zero-order chi connectivity index (χ0) is 16.6. The fourth-order valence-electron chi connectivity index (χ4n) is 3.30. The molecule has 4 heteroatoms. The van der Waals surface area contributed by atoms with Gasteiger partial charge in [0.1, 0.15) is 0 Å². The second kappa shape index (κ2) is 6.83. The Labute approximate surface area is 164 Å². The maximum atomic E-state index is 4.73. The first-order valence-electron chi connectivity index (χ1n) is 8.18. The van der Waals surface area contributed by atoms with E-state index in [9.17, 15) is 0 Å². The Kier molecular flexibility index (Phi) is 4.37. The monoisotopic (exact) mass is 513 g/mol. The average molecular weight is 513 g/mol. The summed E-state index contributed by atoms with van der Waals surface area (Å²) in [5.41, 5.74) is 5.34. The smallest absolute Gasteiger partial charge is 0.0634 e. The minimum atomic E-state index is 0. The molecule has 0 saturated carbocycles. The molecule has 5 aromatic rings. The number of hydrogen-bond donors (Lipinski definition) is 0. The van der Waals surface area contributed by atoms with Crippen LogP contribution < -0.4 is 0 Å². The van der Waals surface area contributed by atoms with Gasteiger partial charge in [0.05, 0.1) is 11.3 Å². The van der Waals surface area contributed by atoms with Crippen molar-refractivity contribution in [1.82, 2.24) is 14.4 Å². The fraction of sp³-hybridized carbons (Fsp3) is 0. The van der Waals surface area contributed by atoms with Gasteiger partial charge in [-0.05, 0) is 17.7 Å². The van der Waals surface area contributed by atoms with Gasteiger partial charge in [0.25, 0.3) is 0 Å². The molecule has 26 heavy (non-hydrogen) atoms. The zero-order valence-corrected chi connectivity index (χ0v) is 16.2. The molecular weight excluding hydrogens is 498 g/mol. The van der Waals surface area contributed by atoms with E-state index < -0.39 is 0 Å². The molecule has 0 unspecified atom stereocenters. The van der Waals surface area contributed by atoms with Crippen LogP contribution in [-0.2, 0) is 20.1 Å². The summed E-state index contributed by atoms with van der Waals surface area (Å²) in [4.78, 5) is 8.88. The van der Waals surface area contributed by atoms with E-state index in [-0.39, 0.29) is 20.1 Å². The van der Waals surface area contributed by atoms with Crippen LogP contribution in [-0.4, -0.2) is 14.4 Å². The summed E-state index contributed by atoms with van der Waals surface area (Å²) in [6, 6.07) is 26.0. The Morgan fingerprint density at radius 2 is 1.58 bits per heavy atom. The van der Waals surface area contributed by atoms with Crippen LogP contribution in [0.3, 0.4) is 0 Å². The quantitative estimate of drug-likeness (QED) is 0.311. The molecule has 0 fully saturated rings. The summed E-state index contributed by atoms with van der Waals surface area (Å²) < 4.78 is 2.21. The average Bonchev–Trinajstić information content (AvgIpc) is 3.14. The van der Waals surface area contributed by atoms with E-state index in [4.69, 9.17) is 4.98 Å². The molecular formula is C22H14IrN3-. The van der Waals surface area contributed by atoms with Gasteiger partial charge in [-0.2, -0.15) is 0 Å². The summed E-state index contributed by atoms with van der Waals surface area (Å²) in [5, 5.41) is 2.16. The largest absolute Gasteiger partial charge is 0.333 e. The van der Waals surface area contributed by atoms with Gasteiger partial charge in [0.2, 0.25) is 0 Å². The molecule has 3 nitrogen and oxygen atoms in total. The molecule has 0 aliphatic carbocycles. The molecule has 2 aromatic carbocycles. The summed E-state index contributed by atoms with van der Waals surface area (Å²) >= 11 is 0. The van der Waals surface area contributed by atoms with E-state index in [1.165, 1.54) is 0 Å². The number of rotatable bonds is 2. The molecule has 0 saturated heterocycles. The molecule has 0 aliphatic rings. The van der Waals surface area contributed by atoms with Gasteiger partial charge in [-0.15, -0.1) is 35.0 Å². The molecule has 127 valence electrons. The summed E-state index contributed by atoms with van der Waals surface area (Å²) in [5.74, 6) is 0. The van der Waals surface area contributed by atoms with Crippen LogP contribution in [0.1, 0.15) is 0 Å². The number of nitrogens with zero attached hydrogens (tertiary/aromatic N) is 3. The minimum Gasteiger partial charge on any atom is -0.333 e. The number of benzene rings is 2. The van der Waals surface area contributed by atoms with Gasteiger partial charge >= 0.3 is 0 Å². The van der Waals surface area contributed by atoms with E-state index >= 15 is 0 Å². The summed E-state index contributed by atoms with van der Waals surface area (Å²) in [6.45, 7) is 0. The van der Waals surface area contributed by atoms with Gasteiger partial charge in [0, 0.05) is 50.0 Å². The third-order valence-electron chi connectivity index (χ3n) is 4.45. The van der Waals surface area contributed by atoms with Crippen molar-refractivity contribution < 1.29 is 20.1 Å². The van der Waals surface area contributed by atoms with Crippen molar-refractivity contribution in [3.8, 4) is 22.5 Å². The van der Waals surface area contributed by atoms with E-state index in [2.05, 4.69) is 39.7 Å². The standard InChI is InChI=1S/C22H14N3.Ir/c1-2-6-16(7-3-1)21-15-24-22-19-9-5-4-8-18(19)14-20(25(21)22)17-10-12-23-13-11-17;/h1-8,10-15H;/q-1;. The fourth-order valence-corrected chi connectivity index (χ4v) is 3.30. The molecule has 0 amide bonds. The Bertz CT molecular complexity index is 1180. The van der Waals surface area contributed by atoms with E-state index in [1.54, 1.807) is 0 Å². The minimum absolute atomic E-state index is 0. The van der Waals surface area contributed by atoms with E-state index in [1.807, 2.05) is 61.1 Å². The van der Waals surface area contributed by atoms with Gasteiger partial charge in [-0.1, -0.05) is 36.4 Å². The molecule has 0 spiro atoms. The number of aromatic nitrogens is 3. The van der Waals surface area contributed by atoms with Crippen molar-refractivity contribution in [3.05, 3.63) is 91.4 Å². The van der Waals surface area contributed by atoms with Crippen molar-refractivity contribution in [2.45, 2.75) is 0 Å². The van der Waals surface area contributed by atoms with Crippen molar-refractivity contribution in [2.75, 3.05) is 0 Å². The zero-order valence-electron chi connectivity index (χ0n) is 13.8. The SMILES string of the molecule is [Ir].[c-]1cccc2cc(-c3ccncc3)n3c(-c4ccccc4)cnc3c12. The van der Waals surface area contributed by atoms with Crippen LogP contribution >= 0.6 is 0 Å². The molecule has 5 rings (SSSR count). The molecule has 1 radical (unpaired) electrons. The Morgan fingerprint density at radius 1 is 0.808 bits per heavy atom. The molecule has 3 heterocycles. The molecule has 0 atom stereocenters. The topological polar surface area (TPSA) is 30.2 Å². The molecule has 3 aromatic heterocycles. The van der Waals surface area contributed by atoms with Crippen LogP contribution in [0.15, 0.2) is 85.3 Å².